The van der Waals surface area contributed by atoms with Gasteiger partial charge in [0.15, 0.2) is 0 Å². The Morgan fingerprint density at radius 3 is 2.58 bits per heavy atom. The number of benzene rings is 1. The topological polar surface area (TPSA) is 30.5 Å². The smallest absolute Gasteiger partial charge is 0.122 e. The van der Waals surface area contributed by atoms with E-state index < -0.39 is 0 Å². The van der Waals surface area contributed by atoms with Crippen LogP contribution < -0.4 is 10.1 Å². The van der Waals surface area contributed by atoms with Gasteiger partial charge in [-0.15, -0.1) is 0 Å². The Morgan fingerprint density at radius 1 is 1.26 bits per heavy atom. The Bertz CT molecular complexity index is 474. The zero-order valence-corrected chi connectivity index (χ0v) is 12.1. The monoisotopic (exact) mass is 261 g/mol. The highest BCUT2D eigenvalue weighted by atomic mass is 16.5. The molecule has 0 aliphatic carbocycles. The molecule has 3 rings (SSSR count). The van der Waals surface area contributed by atoms with Crippen molar-refractivity contribution >= 4 is 0 Å². The highest BCUT2D eigenvalue weighted by Gasteiger charge is 2.48. The second-order valence-electron chi connectivity index (χ2n) is 5.86. The molecule has 104 valence electrons. The van der Waals surface area contributed by atoms with Gasteiger partial charge < -0.3 is 14.8 Å². The number of rotatable bonds is 3. The van der Waals surface area contributed by atoms with Crippen LogP contribution >= 0.6 is 0 Å². The first-order valence-electron chi connectivity index (χ1n) is 7.15. The minimum absolute atomic E-state index is 0.178. The molecular formula is C16H23NO2. The van der Waals surface area contributed by atoms with E-state index in [1.54, 1.807) is 7.11 Å². The lowest BCUT2D eigenvalue weighted by Gasteiger charge is -2.47. The van der Waals surface area contributed by atoms with E-state index in [0.717, 1.165) is 25.5 Å². The highest BCUT2D eigenvalue weighted by molar-refractivity contribution is 5.48. The van der Waals surface area contributed by atoms with Crippen LogP contribution in [0.4, 0.5) is 0 Å². The molecule has 3 heteroatoms. The van der Waals surface area contributed by atoms with E-state index in [2.05, 4.69) is 31.3 Å². The van der Waals surface area contributed by atoms with Crippen molar-refractivity contribution in [3.8, 4) is 5.75 Å². The van der Waals surface area contributed by atoms with Crippen molar-refractivity contribution in [3.63, 3.8) is 0 Å². The molecule has 1 N–H and O–H groups in total. The second kappa shape index (κ2) is 4.80. The summed E-state index contributed by atoms with van der Waals surface area (Å²) in [5.74, 6) is 0.982. The molecule has 2 aliphatic rings. The summed E-state index contributed by atoms with van der Waals surface area (Å²) in [6, 6.07) is 4.91. The molecule has 0 aromatic heterocycles. The van der Waals surface area contributed by atoms with E-state index in [9.17, 15) is 0 Å². The molecule has 2 saturated heterocycles. The van der Waals surface area contributed by atoms with Crippen molar-refractivity contribution in [2.45, 2.75) is 38.1 Å². The fourth-order valence-corrected chi connectivity index (χ4v) is 3.58. The average molecular weight is 261 g/mol. The van der Waals surface area contributed by atoms with Crippen molar-refractivity contribution in [2.75, 3.05) is 26.9 Å². The maximum atomic E-state index is 5.59. The lowest BCUT2D eigenvalue weighted by molar-refractivity contribution is -0.0764. The maximum absolute atomic E-state index is 5.59. The van der Waals surface area contributed by atoms with Crippen molar-refractivity contribution in [1.82, 2.24) is 5.32 Å². The molecule has 1 atom stereocenters. The van der Waals surface area contributed by atoms with E-state index in [1.807, 2.05) is 0 Å². The van der Waals surface area contributed by atoms with Crippen LogP contribution in [0.25, 0.3) is 0 Å². The van der Waals surface area contributed by atoms with Crippen LogP contribution in [-0.4, -0.2) is 32.9 Å². The molecule has 0 radical (unpaired) electrons. The van der Waals surface area contributed by atoms with Gasteiger partial charge in [-0.1, -0.05) is 6.07 Å². The molecule has 3 nitrogen and oxygen atoms in total. The molecule has 19 heavy (non-hydrogen) atoms. The van der Waals surface area contributed by atoms with E-state index in [0.29, 0.717) is 6.04 Å². The van der Waals surface area contributed by atoms with E-state index in [1.165, 1.54) is 29.5 Å². The lowest BCUT2D eigenvalue weighted by atomic mass is 9.70. The Kier molecular flexibility index (Phi) is 3.27. The zero-order chi connectivity index (χ0) is 13.5. The van der Waals surface area contributed by atoms with E-state index >= 15 is 0 Å². The van der Waals surface area contributed by atoms with E-state index in [4.69, 9.17) is 9.47 Å². The highest BCUT2D eigenvalue weighted by Crippen LogP contribution is 2.42. The second-order valence-corrected chi connectivity index (χ2v) is 5.86. The number of hydrogen-bond donors (Lipinski definition) is 1. The Hall–Kier alpha value is -1.06. The van der Waals surface area contributed by atoms with Crippen LogP contribution in [0.5, 0.6) is 5.75 Å². The van der Waals surface area contributed by atoms with Gasteiger partial charge in [0.25, 0.3) is 0 Å². The first kappa shape index (κ1) is 12.9. The zero-order valence-electron chi connectivity index (χ0n) is 12.1. The fraction of sp³-hybridized carbons (Fsp3) is 0.625. The van der Waals surface area contributed by atoms with E-state index in [-0.39, 0.29) is 5.41 Å². The molecule has 1 aromatic rings. The average Bonchev–Trinajstić information content (AvgIpc) is 2.87. The summed E-state index contributed by atoms with van der Waals surface area (Å²) in [7, 11) is 1.74. The number of ether oxygens (including phenoxy) is 2. The molecular weight excluding hydrogens is 238 g/mol. The summed E-state index contributed by atoms with van der Waals surface area (Å²) in [6.07, 6.45) is 2.54. The lowest BCUT2D eigenvalue weighted by Crippen LogP contribution is -2.58. The summed E-state index contributed by atoms with van der Waals surface area (Å²) in [6.45, 7) is 7.18. The summed E-state index contributed by atoms with van der Waals surface area (Å²) >= 11 is 0. The Balaban J connectivity index is 2.02. The van der Waals surface area contributed by atoms with Crippen LogP contribution in [0.2, 0.25) is 0 Å². The number of hydrogen-bond acceptors (Lipinski definition) is 3. The fourth-order valence-electron chi connectivity index (χ4n) is 3.58. The minimum Gasteiger partial charge on any atom is -0.496 e. The molecule has 2 heterocycles. The van der Waals surface area contributed by atoms with Crippen LogP contribution in [0.1, 0.15) is 29.5 Å². The van der Waals surface area contributed by atoms with Crippen LogP contribution in [-0.2, 0) is 10.2 Å². The first-order chi connectivity index (χ1) is 9.19. The third kappa shape index (κ3) is 1.87. The van der Waals surface area contributed by atoms with Gasteiger partial charge in [-0.25, -0.2) is 0 Å². The summed E-state index contributed by atoms with van der Waals surface area (Å²) in [5, 5.41) is 3.66. The van der Waals surface area contributed by atoms with Gasteiger partial charge in [-0.2, -0.15) is 0 Å². The van der Waals surface area contributed by atoms with Crippen LogP contribution in [0.3, 0.4) is 0 Å². The van der Waals surface area contributed by atoms with Crippen molar-refractivity contribution in [2.24, 2.45) is 0 Å². The summed E-state index contributed by atoms with van der Waals surface area (Å²) in [5.41, 5.74) is 4.23. The third-order valence-electron chi connectivity index (χ3n) is 4.94. The molecule has 2 fully saturated rings. The molecule has 1 aromatic carbocycles. The minimum atomic E-state index is 0.178. The molecule has 1 unspecified atom stereocenters. The van der Waals surface area contributed by atoms with Crippen LogP contribution in [0.15, 0.2) is 12.1 Å². The van der Waals surface area contributed by atoms with Gasteiger partial charge in [0.1, 0.15) is 5.75 Å². The first-order valence-corrected chi connectivity index (χ1v) is 7.15. The molecule has 0 saturated carbocycles. The van der Waals surface area contributed by atoms with Crippen molar-refractivity contribution in [1.29, 1.82) is 0 Å². The predicted octanol–water partition coefficient (Wildman–Crippen LogP) is 2.33. The van der Waals surface area contributed by atoms with Crippen molar-refractivity contribution < 1.29 is 9.47 Å². The molecule has 0 amide bonds. The Morgan fingerprint density at radius 2 is 2.05 bits per heavy atom. The van der Waals surface area contributed by atoms with Gasteiger partial charge in [0.2, 0.25) is 0 Å². The maximum Gasteiger partial charge on any atom is 0.122 e. The molecule has 2 aliphatic heterocycles. The molecule has 0 bridgehead atoms. The Labute approximate surface area is 115 Å². The quantitative estimate of drug-likeness (QED) is 0.906. The normalized spacial score (nSPS) is 25.1. The SMILES string of the molecule is COc1ccc(C2(C3CCCN3)COC2)c(C)c1C. The molecule has 0 spiro atoms. The summed E-state index contributed by atoms with van der Waals surface area (Å²) < 4.78 is 11.0. The van der Waals surface area contributed by atoms with Gasteiger partial charge in [0, 0.05) is 6.04 Å². The number of methoxy groups -OCH3 is 1. The predicted molar refractivity (Wildman–Crippen MR) is 76.0 cm³/mol. The number of nitrogens with one attached hydrogen (secondary N) is 1. The van der Waals surface area contributed by atoms with Gasteiger partial charge in [0.05, 0.1) is 25.7 Å². The van der Waals surface area contributed by atoms with Crippen molar-refractivity contribution in [3.05, 3.63) is 28.8 Å². The van der Waals surface area contributed by atoms with Gasteiger partial charge in [-0.05, 0) is 56.0 Å². The summed E-state index contributed by atoms with van der Waals surface area (Å²) in [4.78, 5) is 0. The largest absolute Gasteiger partial charge is 0.496 e. The van der Waals surface area contributed by atoms with Gasteiger partial charge >= 0.3 is 0 Å². The van der Waals surface area contributed by atoms with Crippen LogP contribution in [0, 0.1) is 13.8 Å². The standard InChI is InChI=1S/C16H23NO2/c1-11-12(2)14(18-3)7-6-13(11)16(9-19-10-16)15-5-4-8-17-15/h6-7,15,17H,4-5,8-10H2,1-3H3. The third-order valence-corrected chi connectivity index (χ3v) is 4.94. The van der Waals surface area contributed by atoms with Gasteiger partial charge in [-0.3, -0.25) is 0 Å².